The molecule has 0 saturated carbocycles. The van der Waals surface area contributed by atoms with Crippen LogP contribution in [0.3, 0.4) is 0 Å². The van der Waals surface area contributed by atoms with E-state index in [1.165, 1.54) is 0 Å². The zero-order valence-corrected chi connectivity index (χ0v) is 18.1. The average molecular weight is 436 g/mol. The molecule has 0 radical (unpaired) electrons. The van der Waals surface area contributed by atoms with E-state index in [9.17, 15) is 9.50 Å². The SMILES string of the molecule is COc1cc(-c2ccc(-c3cnc(N(C)[C@@H]4CC5CCC(N5)[C@@H]4F)cn3)c(O)c2)ccn1. The Morgan fingerprint density at radius 2 is 1.94 bits per heavy atom. The molecule has 2 aromatic heterocycles. The summed E-state index contributed by atoms with van der Waals surface area (Å²) in [5, 5.41) is 14.0. The number of phenolic OH excluding ortho intramolecular Hbond substituents is 1. The molecule has 0 amide bonds. The highest BCUT2D eigenvalue weighted by Gasteiger charge is 2.43. The highest BCUT2D eigenvalue weighted by molar-refractivity contribution is 5.74. The predicted octanol–water partition coefficient (Wildman–Crippen LogP) is 3.59. The molecule has 8 heteroatoms. The number of rotatable bonds is 5. The summed E-state index contributed by atoms with van der Waals surface area (Å²) in [6, 6.07) is 9.17. The van der Waals surface area contributed by atoms with Gasteiger partial charge in [-0.05, 0) is 48.6 Å². The van der Waals surface area contributed by atoms with Gasteiger partial charge in [0.15, 0.2) is 0 Å². The van der Waals surface area contributed by atoms with Gasteiger partial charge in [-0.25, -0.2) is 14.4 Å². The number of nitrogens with zero attached hydrogens (tertiary/aromatic N) is 4. The second kappa shape index (κ2) is 8.35. The number of nitrogens with one attached hydrogen (secondary N) is 1. The van der Waals surface area contributed by atoms with Gasteiger partial charge in [0.1, 0.15) is 17.7 Å². The first-order valence-electron chi connectivity index (χ1n) is 10.8. The van der Waals surface area contributed by atoms with Gasteiger partial charge < -0.3 is 20.1 Å². The van der Waals surface area contributed by atoms with Crippen molar-refractivity contribution in [1.29, 1.82) is 0 Å². The Morgan fingerprint density at radius 3 is 2.69 bits per heavy atom. The molecule has 2 unspecified atom stereocenters. The number of aromatic nitrogens is 3. The molecular weight excluding hydrogens is 409 g/mol. The quantitative estimate of drug-likeness (QED) is 0.634. The van der Waals surface area contributed by atoms with Crippen molar-refractivity contribution in [1.82, 2.24) is 20.3 Å². The van der Waals surface area contributed by atoms with Crippen molar-refractivity contribution >= 4 is 5.82 Å². The number of piperidine rings is 1. The van der Waals surface area contributed by atoms with Crippen molar-refractivity contribution in [3.63, 3.8) is 0 Å². The Bertz CT molecular complexity index is 1110. The number of hydrogen-bond donors (Lipinski definition) is 2. The van der Waals surface area contributed by atoms with E-state index in [1.807, 2.05) is 36.2 Å². The monoisotopic (exact) mass is 435 g/mol. The van der Waals surface area contributed by atoms with Crippen molar-refractivity contribution in [3.8, 4) is 34.0 Å². The Labute approximate surface area is 186 Å². The molecule has 3 aromatic rings. The Balaban J connectivity index is 1.35. The summed E-state index contributed by atoms with van der Waals surface area (Å²) in [4.78, 5) is 15.0. The van der Waals surface area contributed by atoms with Crippen LogP contribution in [0.5, 0.6) is 11.6 Å². The summed E-state index contributed by atoms with van der Waals surface area (Å²) in [7, 11) is 3.44. The lowest BCUT2D eigenvalue weighted by Crippen LogP contribution is -2.55. The first-order chi connectivity index (χ1) is 15.5. The van der Waals surface area contributed by atoms with Gasteiger partial charge in [-0.15, -0.1) is 0 Å². The van der Waals surface area contributed by atoms with E-state index < -0.39 is 6.17 Å². The summed E-state index contributed by atoms with van der Waals surface area (Å²) in [5.74, 6) is 1.24. The fourth-order valence-electron chi connectivity index (χ4n) is 4.79. The molecular formula is C24H26FN5O2. The van der Waals surface area contributed by atoms with E-state index in [-0.39, 0.29) is 17.8 Å². The summed E-state index contributed by atoms with van der Waals surface area (Å²) in [6.45, 7) is 0. The maximum Gasteiger partial charge on any atom is 0.213 e. The van der Waals surface area contributed by atoms with E-state index in [4.69, 9.17) is 4.74 Å². The third-order valence-corrected chi connectivity index (χ3v) is 6.60. The molecule has 1 aromatic carbocycles. The Hall–Kier alpha value is -3.26. The van der Waals surface area contributed by atoms with Crippen LogP contribution in [0.4, 0.5) is 10.2 Å². The molecule has 2 bridgehead atoms. The average Bonchev–Trinajstić information content (AvgIpc) is 3.24. The van der Waals surface area contributed by atoms with Crippen molar-refractivity contribution in [2.24, 2.45) is 0 Å². The van der Waals surface area contributed by atoms with Crippen LogP contribution in [0.2, 0.25) is 0 Å². The topological polar surface area (TPSA) is 83.4 Å². The normalized spacial score (nSPS) is 24.3. The van der Waals surface area contributed by atoms with Gasteiger partial charge in [-0.1, -0.05) is 6.07 Å². The summed E-state index contributed by atoms with van der Waals surface area (Å²) in [5.41, 5.74) is 2.87. The Morgan fingerprint density at radius 1 is 1.09 bits per heavy atom. The van der Waals surface area contributed by atoms with Crippen LogP contribution in [-0.2, 0) is 0 Å². The van der Waals surface area contributed by atoms with Crippen molar-refractivity contribution in [2.75, 3.05) is 19.1 Å². The maximum atomic E-state index is 14.9. The first kappa shape index (κ1) is 20.6. The minimum atomic E-state index is -0.927. The molecule has 2 saturated heterocycles. The number of hydrogen-bond acceptors (Lipinski definition) is 7. The van der Waals surface area contributed by atoms with Crippen LogP contribution in [0.25, 0.3) is 22.4 Å². The smallest absolute Gasteiger partial charge is 0.213 e. The van der Waals surface area contributed by atoms with Gasteiger partial charge in [-0.2, -0.15) is 0 Å². The number of halogens is 1. The molecule has 2 aliphatic heterocycles. The van der Waals surface area contributed by atoms with E-state index in [0.29, 0.717) is 29.0 Å². The minimum absolute atomic E-state index is 0.0655. The largest absolute Gasteiger partial charge is 0.507 e. The molecule has 4 atom stereocenters. The lowest BCUT2D eigenvalue weighted by molar-refractivity contribution is 0.176. The molecule has 166 valence electrons. The fourth-order valence-corrected chi connectivity index (χ4v) is 4.79. The third-order valence-electron chi connectivity index (χ3n) is 6.60. The van der Waals surface area contributed by atoms with E-state index in [0.717, 1.165) is 30.4 Å². The van der Waals surface area contributed by atoms with Crippen LogP contribution in [0, 0.1) is 0 Å². The van der Waals surface area contributed by atoms with Gasteiger partial charge in [0.2, 0.25) is 5.88 Å². The van der Waals surface area contributed by atoms with Crippen molar-refractivity contribution < 1.29 is 14.2 Å². The molecule has 2 fully saturated rings. The number of methoxy groups -OCH3 is 1. The molecule has 7 nitrogen and oxygen atoms in total. The maximum absolute atomic E-state index is 14.9. The fraction of sp³-hybridized carbons (Fsp3) is 0.375. The molecule has 5 rings (SSSR count). The predicted molar refractivity (Wildman–Crippen MR) is 121 cm³/mol. The summed E-state index contributed by atoms with van der Waals surface area (Å²) >= 11 is 0. The van der Waals surface area contributed by atoms with Crippen LogP contribution in [0.1, 0.15) is 19.3 Å². The minimum Gasteiger partial charge on any atom is -0.507 e. The molecule has 0 aliphatic carbocycles. The van der Waals surface area contributed by atoms with Gasteiger partial charge >= 0.3 is 0 Å². The van der Waals surface area contributed by atoms with Crippen LogP contribution < -0.4 is 15.0 Å². The van der Waals surface area contributed by atoms with E-state index in [2.05, 4.69) is 20.3 Å². The van der Waals surface area contributed by atoms with Crippen LogP contribution in [0.15, 0.2) is 48.9 Å². The highest BCUT2D eigenvalue weighted by atomic mass is 19.1. The molecule has 0 spiro atoms. The second-order valence-electron chi connectivity index (χ2n) is 8.48. The van der Waals surface area contributed by atoms with Gasteiger partial charge in [-0.3, -0.25) is 4.98 Å². The number of benzene rings is 1. The number of anilines is 1. The Kier molecular flexibility index (Phi) is 5.38. The van der Waals surface area contributed by atoms with Crippen molar-refractivity contribution in [3.05, 3.63) is 48.9 Å². The summed E-state index contributed by atoms with van der Waals surface area (Å²) < 4.78 is 20.1. The number of ether oxygens (including phenoxy) is 1. The zero-order valence-electron chi connectivity index (χ0n) is 18.1. The first-order valence-corrected chi connectivity index (χ1v) is 10.8. The van der Waals surface area contributed by atoms with Gasteiger partial charge in [0, 0.05) is 37.0 Å². The number of aromatic hydroxyl groups is 1. The van der Waals surface area contributed by atoms with Crippen LogP contribution >= 0.6 is 0 Å². The lowest BCUT2D eigenvalue weighted by atomic mass is 9.96. The standard InChI is InChI=1S/C24H26FN5O2/c1-30(20-11-16-4-6-18(29-16)24(20)25)22-13-27-19(12-28-22)17-5-3-14(9-21(17)31)15-7-8-26-23(10-15)32-2/h3,5,7-10,12-13,16,18,20,24,29,31H,4,6,11H2,1-2H3/t16?,18?,20-,24+/m1/s1. The number of pyridine rings is 1. The molecule has 32 heavy (non-hydrogen) atoms. The third kappa shape index (κ3) is 3.75. The summed E-state index contributed by atoms with van der Waals surface area (Å²) in [6.07, 6.45) is 6.69. The van der Waals surface area contributed by atoms with E-state index in [1.54, 1.807) is 31.8 Å². The number of fused-ring (bicyclic) bond motifs is 2. The highest BCUT2D eigenvalue weighted by Crippen LogP contribution is 2.35. The molecule has 2 aliphatic rings. The lowest BCUT2D eigenvalue weighted by Gasteiger charge is -2.38. The van der Waals surface area contributed by atoms with E-state index >= 15 is 0 Å². The van der Waals surface area contributed by atoms with Crippen molar-refractivity contribution in [2.45, 2.75) is 43.6 Å². The molecule has 2 N–H and O–H groups in total. The molecule has 4 heterocycles. The van der Waals surface area contributed by atoms with Crippen LogP contribution in [-0.4, -0.2) is 58.5 Å². The zero-order chi connectivity index (χ0) is 22.2. The van der Waals surface area contributed by atoms with Gasteiger partial charge in [0.25, 0.3) is 0 Å². The number of alkyl halides is 1. The number of phenols is 1. The second-order valence-corrected chi connectivity index (χ2v) is 8.48. The van der Waals surface area contributed by atoms with Gasteiger partial charge in [0.05, 0.1) is 31.2 Å².